The molecular formula is C35H41FN6O5. The molecule has 1 saturated heterocycles. The van der Waals surface area contributed by atoms with Gasteiger partial charge in [0.15, 0.2) is 0 Å². The second-order valence-corrected chi connectivity index (χ2v) is 12.9. The molecular weight excluding hydrogens is 603 g/mol. The Kier molecular flexibility index (Phi) is 9.16. The monoisotopic (exact) mass is 644 g/mol. The van der Waals surface area contributed by atoms with Crippen LogP contribution >= 0.6 is 0 Å². The molecule has 3 heterocycles. The standard InChI is InChI=1S/C35H41FN6O5/c1-3-21-14-23(7-6-20(21)2)38-30-17-31(43)41(35(47)39-30)12-5-4-11-40-13-10-22(18-40)32(37)25-16-29-26(15-28(25)36)33(44)27(34(45)46)19-42(29)24-8-9-24/h6-7,14-17,19,22,24,32,38H,3-5,8-13,18,37H2,1-2H3,(H,39,47)(H,45,46). The second-order valence-electron chi connectivity index (χ2n) is 12.9. The molecule has 0 spiro atoms. The molecule has 1 aliphatic carbocycles. The van der Waals surface area contributed by atoms with Gasteiger partial charge in [-0.3, -0.25) is 19.1 Å². The summed E-state index contributed by atoms with van der Waals surface area (Å²) in [4.78, 5) is 55.0. The van der Waals surface area contributed by atoms with Crippen LogP contribution in [0.3, 0.4) is 0 Å². The molecule has 2 aromatic carbocycles. The second kappa shape index (κ2) is 13.3. The number of nitrogens with two attached hydrogens (primary N) is 1. The highest BCUT2D eigenvalue weighted by atomic mass is 19.1. The first kappa shape index (κ1) is 32.4. The smallest absolute Gasteiger partial charge is 0.341 e. The molecule has 1 aliphatic heterocycles. The van der Waals surface area contributed by atoms with Gasteiger partial charge >= 0.3 is 11.7 Å². The van der Waals surface area contributed by atoms with E-state index in [2.05, 4.69) is 22.1 Å². The third-order valence-corrected chi connectivity index (χ3v) is 9.63. The minimum atomic E-state index is -1.33. The Morgan fingerprint density at radius 1 is 1.11 bits per heavy atom. The van der Waals surface area contributed by atoms with Crippen LogP contribution in [0.15, 0.2) is 57.0 Å². The van der Waals surface area contributed by atoms with E-state index in [1.165, 1.54) is 28.0 Å². The van der Waals surface area contributed by atoms with Crippen molar-refractivity contribution in [2.75, 3.05) is 25.0 Å². The fraction of sp³-hybridized carbons (Fsp3) is 0.429. The Hall–Kier alpha value is -4.55. The maximum atomic E-state index is 15.4. The van der Waals surface area contributed by atoms with Crippen molar-refractivity contribution in [2.45, 2.75) is 71.0 Å². The van der Waals surface area contributed by atoms with E-state index in [1.54, 1.807) is 10.6 Å². The van der Waals surface area contributed by atoms with Gasteiger partial charge in [-0.2, -0.15) is 0 Å². The molecule has 2 atom stereocenters. The van der Waals surface area contributed by atoms with E-state index in [1.807, 2.05) is 25.1 Å². The average Bonchev–Trinajstić information content (AvgIpc) is 3.77. The summed E-state index contributed by atoms with van der Waals surface area (Å²) in [5.41, 5.74) is 8.77. The summed E-state index contributed by atoms with van der Waals surface area (Å²) in [6.45, 7) is 6.64. The summed E-state index contributed by atoms with van der Waals surface area (Å²) in [5, 5.41) is 12.7. The van der Waals surface area contributed by atoms with E-state index in [0.29, 0.717) is 36.4 Å². The number of aryl methyl sites for hydroxylation is 2. The van der Waals surface area contributed by atoms with Crippen LogP contribution in [-0.2, 0) is 13.0 Å². The fourth-order valence-electron chi connectivity index (χ4n) is 6.75. The number of likely N-dealkylation sites (tertiary alicyclic amines) is 1. The van der Waals surface area contributed by atoms with Crippen LogP contribution in [0.1, 0.15) is 78.2 Å². The van der Waals surface area contributed by atoms with Gasteiger partial charge in [0.1, 0.15) is 17.2 Å². The number of hydrogen-bond acceptors (Lipinski definition) is 7. The number of carbonyl (C=O) groups is 1. The molecule has 2 aromatic heterocycles. The van der Waals surface area contributed by atoms with Crippen LogP contribution in [0.4, 0.5) is 15.9 Å². The molecule has 6 rings (SSSR count). The fourth-order valence-corrected chi connectivity index (χ4v) is 6.75. The van der Waals surface area contributed by atoms with Crippen molar-refractivity contribution in [3.63, 3.8) is 0 Å². The maximum absolute atomic E-state index is 15.4. The summed E-state index contributed by atoms with van der Waals surface area (Å²) in [6, 6.07) is 9.60. The number of anilines is 2. The topological polar surface area (TPSA) is 155 Å². The summed E-state index contributed by atoms with van der Waals surface area (Å²) in [7, 11) is 0. The van der Waals surface area contributed by atoms with Crippen LogP contribution < -0.4 is 27.7 Å². The molecule has 0 bridgehead atoms. The average molecular weight is 645 g/mol. The lowest BCUT2D eigenvalue weighted by atomic mass is 9.91. The number of benzene rings is 2. The normalized spacial score (nSPS) is 17.3. The molecule has 47 heavy (non-hydrogen) atoms. The predicted octanol–water partition coefficient (Wildman–Crippen LogP) is 4.44. The Balaban J connectivity index is 1.05. The van der Waals surface area contributed by atoms with Crippen molar-refractivity contribution in [1.29, 1.82) is 0 Å². The molecule has 2 fully saturated rings. The van der Waals surface area contributed by atoms with Gasteiger partial charge in [-0.15, -0.1) is 0 Å². The lowest BCUT2D eigenvalue weighted by molar-refractivity contribution is 0.0694. The Labute approximate surface area is 270 Å². The highest BCUT2D eigenvalue weighted by Gasteiger charge is 2.32. The number of rotatable bonds is 12. The van der Waals surface area contributed by atoms with Gasteiger partial charge in [0.25, 0.3) is 5.56 Å². The quantitative estimate of drug-likeness (QED) is 0.165. The Morgan fingerprint density at radius 3 is 2.57 bits per heavy atom. The Bertz CT molecular complexity index is 1980. The van der Waals surface area contributed by atoms with E-state index in [4.69, 9.17) is 5.73 Å². The summed E-state index contributed by atoms with van der Waals surface area (Å²) < 4.78 is 18.4. The number of carboxylic acids is 1. The van der Waals surface area contributed by atoms with Crippen LogP contribution in [0, 0.1) is 18.7 Å². The van der Waals surface area contributed by atoms with E-state index >= 15 is 4.39 Å². The highest BCUT2D eigenvalue weighted by Crippen LogP contribution is 2.38. The van der Waals surface area contributed by atoms with Crippen molar-refractivity contribution >= 4 is 28.4 Å². The maximum Gasteiger partial charge on any atom is 0.341 e. The van der Waals surface area contributed by atoms with Crippen LogP contribution in [0.25, 0.3) is 10.9 Å². The zero-order valence-corrected chi connectivity index (χ0v) is 26.7. The number of aromatic amines is 1. The minimum Gasteiger partial charge on any atom is -0.477 e. The molecule has 2 unspecified atom stereocenters. The molecule has 248 valence electrons. The van der Waals surface area contributed by atoms with Gasteiger partial charge in [0, 0.05) is 54.1 Å². The number of hydrogen-bond donors (Lipinski definition) is 4. The van der Waals surface area contributed by atoms with E-state index in [0.717, 1.165) is 56.9 Å². The first-order valence-corrected chi connectivity index (χ1v) is 16.3. The molecule has 0 amide bonds. The molecule has 5 N–H and O–H groups in total. The number of nitrogens with one attached hydrogen (secondary N) is 2. The number of halogens is 1. The number of nitrogens with zero attached hydrogens (tertiary/aromatic N) is 3. The van der Waals surface area contributed by atoms with Gasteiger partial charge in [0.2, 0.25) is 5.43 Å². The molecule has 11 nitrogen and oxygen atoms in total. The highest BCUT2D eigenvalue weighted by molar-refractivity contribution is 5.93. The van der Waals surface area contributed by atoms with Crippen LogP contribution in [0.5, 0.6) is 0 Å². The van der Waals surface area contributed by atoms with Crippen molar-refractivity contribution in [3.05, 3.63) is 102 Å². The molecule has 0 radical (unpaired) electrons. The molecule has 1 saturated carbocycles. The first-order chi connectivity index (χ1) is 22.5. The van der Waals surface area contributed by atoms with E-state index in [-0.39, 0.29) is 28.5 Å². The zero-order chi connectivity index (χ0) is 33.4. The molecule has 2 aliphatic rings. The van der Waals surface area contributed by atoms with Crippen LogP contribution in [-0.4, -0.2) is 49.7 Å². The first-order valence-electron chi connectivity index (χ1n) is 16.3. The summed E-state index contributed by atoms with van der Waals surface area (Å²) in [6.07, 6.45) is 6.17. The third-order valence-electron chi connectivity index (χ3n) is 9.63. The number of fused-ring (bicyclic) bond motifs is 1. The van der Waals surface area contributed by atoms with Gasteiger partial charge < -0.3 is 25.6 Å². The lowest BCUT2D eigenvalue weighted by Gasteiger charge is -2.22. The third kappa shape index (κ3) is 6.79. The van der Waals surface area contributed by atoms with Gasteiger partial charge in [-0.1, -0.05) is 13.0 Å². The molecule has 4 aromatic rings. The number of unbranched alkanes of at least 4 members (excludes halogenated alkanes) is 1. The van der Waals surface area contributed by atoms with Crippen molar-refractivity contribution < 1.29 is 14.3 Å². The number of aromatic carboxylic acids is 1. The Morgan fingerprint density at radius 2 is 1.87 bits per heavy atom. The number of aromatic nitrogens is 3. The zero-order valence-electron chi connectivity index (χ0n) is 26.7. The molecule has 12 heteroatoms. The van der Waals surface area contributed by atoms with Crippen molar-refractivity contribution in [1.82, 2.24) is 19.0 Å². The van der Waals surface area contributed by atoms with Crippen molar-refractivity contribution in [2.24, 2.45) is 11.7 Å². The summed E-state index contributed by atoms with van der Waals surface area (Å²) >= 11 is 0. The number of pyridine rings is 1. The van der Waals surface area contributed by atoms with E-state index in [9.17, 15) is 24.3 Å². The lowest BCUT2D eigenvalue weighted by Crippen LogP contribution is -2.35. The summed E-state index contributed by atoms with van der Waals surface area (Å²) in [5.74, 6) is -1.59. The largest absolute Gasteiger partial charge is 0.477 e. The van der Waals surface area contributed by atoms with Crippen LogP contribution in [0.2, 0.25) is 0 Å². The number of carboxylic acid groups (broad SMARTS) is 1. The minimum absolute atomic E-state index is 0.00576. The van der Waals surface area contributed by atoms with Gasteiger partial charge in [0.05, 0.1) is 5.52 Å². The number of H-pyrrole nitrogens is 1. The van der Waals surface area contributed by atoms with Crippen molar-refractivity contribution in [3.8, 4) is 0 Å². The SMILES string of the molecule is CCc1cc(Nc2cc(=O)n(CCCCN3CCC(C(N)c4cc5c(cc4F)c(=O)c(C(=O)O)cn5C4CC4)C3)c(=O)[nH]2)ccc1C. The van der Waals surface area contributed by atoms with Gasteiger partial charge in [-0.25, -0.2) is 14.0 Å². The van der Waals surface area contributed by atoms with Gasteiger partial charge in [-0.05, 0) is 99.8 Å². The van der Waals surface area contributed by atoms with E-state index < -0.39 is 28.9 Å². The predicted molar refractivity (Wildman–Crippen MR) is 179 cm³/mol.